The van der Waals surface area contributed by atoms with Crippen molar-refractivity contribution < 1.29 is 0 Å². The highest BCUT2D eigenvalue weighted by molar-refractivity contribution is 5.51. The molecule has 4 heteroatoms. The van der Waals surface area contributed by atoms with E-state index < -0.39 is 0 Å². The van der Waals surface area contributed by atoms with Gasteiger partial charge in [0.1, 0.15) is 6.07 Å². The molecule has 98 valence electrons. The van der Waals surface area contributed by atoms with Crippen molar-refractivity contribution in [3.63, 3.8) is 0 Å². The normalized spacial score (nSPS) is 39.0. The smallest absolute Gasteiger partial charge is 0.166 e. The topological polar surface area (TPSA) is 61.6 Å². The number of hydrogen-bond donors (Lipinski definition) is 1. The molecule has 1 aromatic rings. The third-order valence-electron chi connectivity index (χ3n) is 5.37. The van der Waals surface area contributed by atoms with Crippen LogP contribution in [0.3, 0.4) is 0 Å². The zero-order valence-corrected chi connectivity index (χ0v) is 10.9. The van der Waals surface area contributed by atoms with E-state index in [0.717, 1.165) is 23.7 Å². The van der Waals surface area contributed by atoms with Crippen molar-refractivity contribution in [2.75, 3.05) is 5.32 Å². The number of anilines is 1. The second-order valence-corrected chi connectivity index (χ2v) is 6.51. The van der Waals surface area contributed by atoms with Gasteiger partial charge in [0, 0.05) is 6.04 Å². The maximum atomic E-state index is 9.14. The first-order chi connectivity index (χ1) is 9.33. The van der Waals surface area contributed by atoms with Gasteiger partial charge in [-0.2, -0.15) is 10.4 Å². The van der Waals surface area contributed by atoms with Crippen molar-refractivity contribution in [3.05, 3.63) is 17.8 Å². The van der Waals surface area contributed by atoms with E-state index in [0.29, 0.717) is 17.4 Å². The van der Waals surface area contributed by atoms with Crippen LogP contribution in [0.5, 0.6) is 0 Å². The molecule has 19 heavy (non-hydrogen) atoms. The number of nitriles is 1. The summed E-state index contributed by atoms with van der Waals surface area (Å²) in [6.07, 6.45) is 8.52. The van der Waals surface area contributed by atoms with E-state index in [9.17, 15) is 0 Å². The molecule has 5 rings (SSSR count). The summed E-state index contributed by atoms with van der Waals surface area (Å²) in [5, 5.41) is 20.7. The van der Waals surface area contributed by atoms with E-state index in [1.165, 1.54) is 32.1 Å². The van der Waals surface area contributed by atoms with Gasteiger partial charge in [-0.3, -0.25) is 0 Å². The van der Waals surface area contributed by atoms with Crippen molar-refractivity contribution in [2.45, 2.75) is 38.1 Å². The van der Waals surface area contributed by atoms with Crippen molar-refractivity contribution in [1.82, 2.24) is 10.2 Å². The SMILES string of the molecule is N#Cc1ccnnc1NC1C2CC3CC(C2)CC1C3. The molecule has 4 saturated carbocycles. The molecule has 4 aliphatic rings. The van der Waals surface area contributed by atoms with E-state index in [1.54, 1.807) is 12.3 Å². The second kappa shape index (κ2) is 4.19. The number of nitrogens with zero attached hydrogens (tertiary/aromatic N) is 3. The summed E-state index contributed by atoms with van der Waals surface area (Å²) >= 11 is 0. The Bertz CT molecular complexity index is 505. The van der Waals surface area contributed by atoms with Crippen LogP contribution in [0.4, 0.5) is 5.82 Å². The van der Waals surface area contributed by atoms with Gasteiger partial charge in [0.25, 0.3) is 0 Å². The fourth-order valence-corrected chi connectivity index (χ4v) is 4.85. The Kier molecular flexibility index (Phi) is 2.48. The molecule has 4 fully saturated rings. The third-order valence-corrected chi connectivity index (χ3v) is 5.37. The Hall–Kier alpha value is -1.63. The van der Waals surface area contributed by atoms with Crippen LogP contribution in [-0.2, 0) is 0 Å². The summed E-state index contributed by atoms with van der Waals surface area (Å²) in [5.74, 6) is 4.19. The molecule has 0 radical (unpaired) electrons. The minimum Gasteiger partial charge on any atom is -0.364 e. The van der Waals surface area contributed by atoms with Crippen LogP contribution in [0.2, 0.25) is 0 Å². The molecular weight excluding hydrogens is 236 g/mol. The number of nitrogens with one attached hydrogen (secondary N) is 1. The summed E-state index contributed by atoms with van der Waals surface area (Å²) in [6.45, 7) is 0. The average Bonchev–Trinajstić information content (AvgIpc) is 2.42. The van der Waals surface area contributed by atoms with Crippen LogP contribution >= 0.6 is 0 Å². The first-order valence-electron chi connectivity index (χ1n) is 7.32. The molecule has 0 atom stereocenters. The standard InChI is InChI=1S/C15H18N4/c16-8-11-1-2-17-19-15(11)18-14-12-4-9-3-10(6-12)7-13(14)5-9/h1-2,9-10,12-14H,3-7H2,(H,18,19). The summed E-state index contributed by atoms with van der Waals surface area (Å²) < 4.78 is 0. The Labute approximate surface area is 113 Å². The molecular formula is C15H18N4. The predicted octanol–water partition coefficient (Wildman–Crippen LogP) is 2.58. The highest BCUT2D eigenvalue weighted by Gasteiger charge is 2.48. The molecule has 4 nitrogen and oxygen atoms in total. The molecule has 0 aromatic carbocycles. The highest BCUT2D eigenvalue weighted by atomic mass is 15.2. The summed E-state index contributed by atoms with van der Waals surface area (Å²) in [6, 6.07) is 4.46. The van der Waals surface area contributed by atoms with E-state index in [2.05, 4.69) is 21.6 Å². The lowest BCUT2D eigenvalue weighted by atomic mass is 9.54. The number of aromatic nitrogens is 2. The first kappa shape index (κ1) is 11.2. The molecule has 1 heterocycles. The first-order valence-corrected chi connectivity index (χ1v) is 7.32. The average molecular weight is 254 g/mol. The van der Waals surface area contributed by atoms with Gasteiger partial charge in [0.15, 0.2) is 5.82 Å². The third kappa shape index (κ3) is 1.80. The predicted molar refractivity (Wildman–Crippen MR) is 71.2 cm³/mol. The monoisotopic (exact) mass is 254 g/mol. The Morgan fingerprint density at radius 1 is 1.11 bits per heavy atom. The van der Waals surface area contributed by atoms with Gasteiger partial charge in [-0.15, -0.1) is 5.10 Å². The number of hydrogen-bond acceptors (Lipinski definition) is 4. The molecule has 0 unspecified atom stereocenters. The van der Waals surface area contributed by atoms with E-state index >= 15 is 0 Å². The van der Waals surface area contributed by atoms with Gasteiger partial charge in [0.05, 0.1) is 11.8 Å². The summed E-state index contributed by atoms with van der Waals surface area (Å²) in [7, 11) is 0. The van der Waals surface area contributed by atoms with Crippen LogP contribution < -0.4 is 5.32 Å². The Balaban J connectivity index is 1.59. The zero-order chi connectivity index (χ0) is 12.8. The van der Waals surface area contributed by atoms with Crippen molar-refractivity contribution in [3.8, 4) is 6.07 Å². The van der Waals surface area contributed by atoms with Crippen molar-refractivity contribution in [2.24, 2.45) is 23.7 Å². The quantitative estimate of drug-likeness (QED) is 0.881. The minimum absolute atomic E-state index is 0.511. The van der Waals surface area contributed by atoms with Gasteiger partial charge in [-0.1, -0.05) is 0 Å². The van der Waals surface area contributed by atoms with Crippen molar-refractivity contribution >= 4 is 5.82 Å². The van der Waals surface area contributed by atoms with Crippen LogP contribution in [0.25, 0.3) is 0 Å². The highest BCUT2D eigenvalue weighted by Crippen LogP contribution is 2.54. The molecule has 0 saturated heterocycles. The van der Waals surface area contributed by atoms with Crippen LogP contribution in [0.1, 0.15) is 37.7 Å². The molecule has 0 spiro atoms. The lowest BCUT2D eigenvalue weighted by Gasteiger charge is -2.54. The molecule has 4 aliphatic carbocycles. The Morgan fingerprint density at radius 3 is 2.42 bits per heavy atom. The minimum atomic E-state index is 0.511. The molecule has 1 N–H and O–H groups in total. The van der Waals surface area contributed by atoms with Crippen molar-refractivity contribution in [1.29, 1.82) is 5.26 Å². The summed E-state index contributed by atoms with van der Waals surface area (Å²) in [5.41, 5.74) is 0.615. The van der Waals surface area contributed by atoms with Gasteiger partial charge < -0.3 is 5.32 Å². The fraction of sp³-hybridized carbons (Fsp3) is 0.667. The number of rotatable bonds is 2. The van der Waals surface area contributed by atoms with Crippen LogP contribution in [0.15, 0.2) is 12.3 Å². The maximum absolute atomic E-state index is 9.14. The van der Waals surface area contributed by atoms with Crippen LogP contribution in [-0.4, -0.2) is 16.2 Å². The molecule has 1 aromatic heterocycles. The van der Waals surface area contributed by atoms with E-state index in [4.69, 9.17) is 5.26 Å². The molecule has 0 amide bonds. The lowest BCUT2D eigenvalue weighted by Crippen LogP contribution is -2.51. The summed E-state index contributed by atoms with van der Waals surface area (Å²) in [4.78, 5) is 0. The van der Waals surface area contributed by atoms with Crippen LogP contribution in [0, 0.1) is 35.0 Å². The fourth-order valence-electron chi connectivity index (χ4n) is 4.85. The maximum Gasteiger partial charge on any atom is 0.166 e. The second-order valence-electron chi connectivity index (χ2n) is 6.51. The van der Waals surface area contributed by atoms with E-state index in [1.807, 2.05) is 0 Å². The van der Waals surface area contributed by atoms with Gasteiger partial charge in [-0.05, 0) is 61.8 Å². The van der Waals surface area contributed by atoms with Gasteiger partial charge >= 0.3 is 0 Å². The van der Waals surface area contributed by atoms with Gasteiger partial charge in [0.2, 0.25) is 0 Å². The van der Waals surface area contributed by atoms with E-state index in [-0.39, 0.29) is 0 Å². The lowest BCUT2D eigenvalue weighted by molar-refractivity contribution is 0.00738. The van der Waals surface area contributed by atoms with Gasteiger partial charge in [-0.25, -0.2) is 0 Å². The molecule has 0 aliphatic heterocycles. The molecule has 4 bridgehead atoms. The zero-order valence-electron chi connectivity index (χ0n) is 10.9. The Morgan fingerprint density at radius 2 is 1.79 bits per heavy atom. The largest absolute Gasteiger partial charge is 0.364 e.